The summed E-state index contributed by atoms with van der Waals surface area (Å²) < 4.78 is 10.8. The average Bonchev–Trinajstić information content (AvgIpc) is 3.77. The second-order valence-corrected chi connectivity index (χ2v) is 25.0. The predicted molar refractivity (Wildman–Crippen MR) is 416 cm³/mol. The summed E-state index contributed by atoms with van der Waals surface area (Å²) in [5.74, 6) is -0.605. The van der Waals surface area contributed by atoms with E-state index in [1.165, 1.54) is 141 Å². The van der Waals surface area contributed by atoms with Crippen LogP contribution in [0.3, 0.4) is 0 Å². The molecule has 1 unspecified atom stereocenters. The summed E-state index contributed by atoms with van der Waals surface area (Å²) in [6.07, 6.45) is 130. The molecule has 0 spiro atoms. The van der Waals surface area contributed by atoms with Crippen molar-refractivity contribution in [3.63, 3.8) is 0 Å². The summed E-state index contributed by atoms with van der Waals surface area (Å²) in [5.41, 5.74) is 0. The van der Waals surface area contributed by atoms with Gasteiger partial charge in [0.1, 0.15) is 6.61 Å². The zero-order valence-electron chi connectivity index (χ0n) is 60.6. The van der Waals surface area contributed by atoms with Gasteiger partial charge in [-0.05, 0) is 148 Å². The lowest BCUT2D eigenvalue weighted by Gasteiger charge is -2.15. The molecule has 0 aromatic rings. The number of hydrogen-bond acceptors (Lipinski definition) is 5. The van der Waals surface area contributed by atoms with Crippen LogP contribution in [0.25, 0.3) is 0 Å². The molecule has 0 saturated heterocycles. The molecule has 0 radical (unpaired) electrons. The van der Waals surface area contributed by atoms with Gasteiger partial charge in [-0.25, -0.2) is 0 Å². The van der Waals surface area contributed by atoms with E-state index < -0.39 is 6.10 Å². The molecule has 528 valence electrons. The molecule has 0 rings (SSSR count). The van der Waals surface area contributed by atoms with Crippen LogP contribution in [0, 0.1) is 0 Å². The van der Waals surface area contributed by atoms with Crippen molar-refractivity contribution in [1.82, 2.24) is 0 Å². The first-order valence-corrected chi connectivity index (χ1v) is 38.6. The zero-order valence-corrected chi connectivity index (χ0v) is 60.6. The van der Waals surface area contributed by atoms with E-state index in [9.17, 15) is 14.7 Å². The molecule has 5 heteroatoms. The van der Waals surface area contributed by atoms with Gasteiger partial charge in [0.2, 0.25) is 0 Å². The van der Waals surface area contributed by atoms with Crippen LogP contribution in [0.1, 0.15) is 322 Å². The lowest BCUT2D eigenvalue weighted by molar-refractivity contribution is -0.161. The maximum atomic E-state index is 12.4. The molecule has 5 nitrogen and oxygen atoms in total. The Balaban J connectivity index is 3.55. The van der Waals surface area contributed by atoms with Gasteiger partial charge in [-0.1, -0.05) is 368 Å². The molecular formula is C89H142O5. The number of carbonyl (C=O) groups excluding carboxylic acids is 2. The first kappa shape index (κ1) is 88.5. The first-order valence-electron chi connectivity index (χ1n) is 38.6. The van der Waals surface area contributed by atoms with Gasteiger partial charge < -0.3 is 14.6 Å². The van der Waals surface area contributed by atoms with Crippen molar-refractivity contribution in [2.45, 2.75) is 328 Å². The molecule has 0 aliphatic carbocycles. The minimum Gasteiger partial charge on any atom is -0.462 e. The van der Waals surface area contributed by atoms with Crippen molar-refractivity contribution in [1.29, 1.82) is 0 Å². The Kier molecular flexibility index (Phi) is 76.9. The average molecular weight is 1290 g/mol. The minimum absolute atomic E-state index is 0.0789. The van der Waals surface area contributed by atoms with Gasteiger partial charge in [0.25, 0.3) is 0 Å². The molecule has 94 heavy (non-hydrogen) atoms. The third-order valence-electron chi connectivity index (χ3n) is 16.1. The number of aliphatic hydroxyl groups is 1. The summed E-state index contributed by atoms with van der Waals surface area (Å²) in [7, 11) is 0. The maximum absolute atomic E-state index is 12.4. The molecule has 1 N–H and O–H groups in total. The second-order valence-electron chi connectivity index (χ2n) is 25.0. The SMILES string of the molecule is CC/C=C\C/C=C\C/C=C\C/C=C\C/C=C\C/C=C\C/C=C\C/C=C\C/C=C\C/C=C\C/C=C\CCCCCCCCCC(=O)OC(CO)COC(=O)CCCCCCCCCCCCCCCCCCCCCC/C=C\C/C=C\C/C=C\C/C=C\C/C=C\C/C=C\CC. The molecule has 0 aromatic carbocycles. The van der Waals surface area contributed by atoms with Crippen LogP contribution in [-0.2, 0) is 19.1 Å². The highest BCUT2D eigenvalue weighted by molar-refractivity contribution is 5.70. The minimum atomic E-state index is -0.793. The third kappa shape index (κ3) is 78.9. The van der Waals surface area contributed by atoms with E-state index in [2.05, 4.69) is 220 Å². The summed E-state index contributed by atoms with van der Waals surface area (Å²) in [6.45, 7) is 3.91. The molecule has 0 aromatic heterocycles. The Hall–Kier alpha value is -5.52. The van der Waals surface area contributed by atoms with Crippen LogP contribution in [-0.4, -0.2) is 36.4 Å². The van der Waals surface area contributed by atoms with Crippen molar-refractivity contribution in [2.24, 2.45) is 0 Å². The van der Waals surface area contributed by atoms with E-state index in [-0.39, 0.29) is 25.2 Å². The fourth-order valence-corrected chi connectivity index (χ4v) is 10.4. The van der Waals surface area contributed by atoms with Crippen LogP contribution in [0.2, 0.25) is 0 Å². The number of hydrogen-bond donors (Lipinski definition) is 1. The lowest BCUT2D eigenvalue weighted by Crippen LogP contribution is -2.28. The molecule has 0 bridgehead atoms. The van der Waals surface area contributed by atoms with E-state index >= 15 is 0 Å². The van der Waals surface area contributed by atoms with Crippen LogP contribution >= 0.6 is 0 Å². The predicted octanol–water partition coefficient (Wildman–Crippen LogP) is 27.7. The van der Waals surface area contributed by atoms with Crippen LogP contribution in [0.15, 0.2) is 207 Å². The van der Waals surface area contributed by atoms with Gasteiger partial charge in [0.15, 0.2) is 6.10 Å². The van der Waals surface area contributed by atoms with Gasteiger partial charge in [-0.3, -0.25) is 9.59 Å². The summed E-state index contributed by atoms with van der Waals surface area (Å²) in [4.78, 5) is 24.7. The second kappa shape index (κ2) is 81.7. The van der Waals surface area contributed by atoms with E-state index in [1.807, 2.05) is 0 Å². The molecule has 0 heterocycles. The Morgan fingerprint density at radius 2 is 0.426 bits per heavy atom. The van der Waals surface area contributed by atoms with Crippen LogP contribution in [0.4, 0.5) is 0 Å². The van der Waals surface area contributed by atoms with E-state index in [1.54, 1.807) is 0 Å². The number of esters is 2. The molecule has 0 saturated carbocycles. The summed E-state index contributed by atoms with van der Waals surface area (Å²) >= 11 is 0. The number of rotatable bonds is 69. The number of ether oxygens (including phenoxy) is 2. The number of carbonyl (C=O) groups is 2. The molecule has 0 aliphatic heterocycles. The normalized spacial score (nSPS) is 13.4. The van der Waals surface area contributed by atoms with Crippen LogP contribution < -0.4 is 0 Å². The molecule has 1 atom stereocenters. The number of aliphatic hydroxyl groups excluding tert-OH is 1. The Bertz CT molecular complexity index is 2160. The highest BCUT2D eigenvalue weighted by atomic mass is 16.6. The van der Waals surface area contributed by atoms with Crippen molar-refractivity contribution in [3.05, 3.63) is 207 Å². The number of allylic oxidation sites excluding steroid dienone is 34. The van der Waals surface area contributed by atoms with Gasteiger partial charge in [0.05, 0.1) is 6.61 Å². The lowest BCUT2D eigenvalue weighted by atomic mass is 10.0. The van der Waals surface area contributed by atoms with Gasteiger partial charge in [0, 0.05) is 12.8 Å². The topological polar surface area (TPSA) is 72.8 Å². The number of unbranched alkanes of at least 4 members (excludes halogenated alkanes) is 27. The van der Waals surface area contributed by atoms with E-state index in [0.29, 0.717) is 12.8 Å². The highest BCUT2D eigenvalue weighted by Crippen LogP contribution is 2.17. The molecule has 0 aliphatic rings. The van der Waals surface area contributed by atoms with E-state index in [0.717, 1.165) is 154 Å². The third-order valence-corrected chi connectivity index (χ3v) is 16.1. The fraction of sp³-hybridized carbons (Fsp3) is 0.596. The molecule has 0 fully saturated rings. The standard InChI is InChI=1S/C89H142O5/c1-3-5-7-9-11-13-15-17-19-21-23-25-27-29-31-33-35-37-39-41-43-44-46-48-50-52-54-56-58-60-62-64-66-68-70-72-74-76-78-80-82-84-89(92)94-87(85-90)86-93-88(91)83-81-79-77-75-73-71-69-67-65-63-61-59-57-55-53-51-49-47-45-42-40-38-36-34-32-30-28-26-24-22-20-18-16-14-12-10-8-6-4-2/h5-8,11-14,17-20,23-26,29-32,35-38,41,43,46,48,52,54,58,60,64,66,87,90H,3-4,9-10,15-16,21-22,27-28,33-34,39-40,42,44-45,47,49-51,53,55-57,59,61-63,65,67-86H2,1-2H3/b7-5-,8-6-,13-11-,14-12-,19-17-,20-18-,25-23-,26-24-,31-29-,32-30-,37-35-,38-36-,43-41-,48-46-,54-52-,60-58-,66-64-. The smallest absolute Gasteiger partial charge is 0.306 e. The van der Waals surface area contributed by atoms with Gasteiger partial charge in [-0.2, -0.15) is 0 Å². The fourth-order valence-electron chi connectivity index (χ4n) is 10.4. The van der Waals surface area contributed by atoms with E-state index in [4.69, 9.17) is 9.47 Å². The Morgan fingerprint density at radius 3 is 0.638 bits per heavy atom. The molecule has 0 amide bonds. The van der Waals surface area contributed by atoms with Crippen molar-refractivity contribution < 1.29 is 24.2 Å². The largest absolute Gasteiger partial charge is 0.462 e. The van der Waals surface area contributed by atoms with Crippen LogP contribution in [0.5, 0.6) is 0 Å². The first-order chi connectivity index (χ1) is 46.6. The van der Waals surface area contributed by atoms with Gasteiger partial charge >= 0.3 is 11.9 Å². The van der Waals surface area contributed by atoms with Gasteiger partial charge in [-0.15, -0.1) is 0 Å². The monoisotopic (exact) mass is 1290 g/mol. The Labute approximate surface area is 580 Å². The van der Waals surface area contributed by atoms with Crippen molar-refractivity contribution in [3.8, 4) is 0 Å². The highest BCUT2D eigenvalue weighted by Gasteiger charge is 2.16. The van der Waals surface area contributed by atoms with Crippen molar-refractivity contribution in [2.75, 3.05) is 13.2 Å². The molecular weight excluding hydrogens is 1150 g/mol. The Morgan fingerprint density at radius 1 is 0.245 bits per heavy atom. The summed E-state index contributed by atoms with van der Waals surface area (Å²) in [6, 6.07) is 0. The quantitative estimate of drug-likeness (QED) is 0.0373. The zero-order chi connectivity index (χ0) is 67.5. The maximum Gasteiger partial charge on any atom is 0.306 e. The summed E-state index contributed by atoms with van der Waals surface area (Å²) in [5, 5.41) is 9.72. The van der Waals surface area contributed by atoms with Crippen molar-refractivity contribution >= 4 is 11.9 Å².